The summed E-state index contributed by atoms with van der Waals surface area (Å²) < 4.78 is 5.25. The maximum absolute atomic E-state index is 13.5. The second-order valence-electron chi connectivity index (χ2n) is 9.44. The summed E-state index contributed by atoms with van der Waals surface area (Å²) in [5.74, 6) is -1.57. The van der Waals surface area contributed by atoms with Gasteiger partial charge in [0.2, 0.25) is 0 Å². The molecule has 0 radical (unpaired) electrons. The average molecular weight is 599 g/mol. The molecule has 0 aromatic heterocycles. The van der Waals surface area contributed by atoms with E-state index < -0.39 is 29.4 Å². The largest absolute Gasteiger partial charge is 0.452 e. The number of nitro groups is 1. The highest BCUT2D eigenvalue weighted by molar-refractivity contribution is 6.33. The summed E-state index contributed by atoms with van der Waals surface area (Å²) in [7, 11) is 0. The van der Waals surface area contributed by atoms with Crippen molar-refractivity contribution in [3.63, 3.8) is 0 Å². The fraction of sp³-hybridized carbons (Fsp3) is 0.207. The number of amides is 1. The summed E-state index contributed by atoms with van der Waals surface area (Å²) in [5, 5.41) is 18.4. The maximum Gasteiger partial charge on any atom is 0.340 e. The number of rotatable bonds is 6. The number of hydrogen-bond donors (Lipinski definition) is 0. The molecule has 0 bridgehead atoms. The van der Waals surface area contributed by atoms with Crippen LogP contribution in [0.3, 0.4) is 0 Å². The van der Waals surface area contributed by atoms with Gasteiger partial charge in [-0.05, 0) is 72.4 Å². The second kappa shape index (κ2) is 11.8. The van der Waals surface area contributed by atoms with Crippen LogP contribution in [0.15, 0.2) is 77.4 Å². The molecule has 11 heteroatoms. The van der Waals surface area contributed by atoms with E-state index >= 15 is 0 Å². The highest BCUT2D eigenvalue weighted by atomic mass is 35.5. The molecule has 1 aliphatic carbocycles. The Hall–Kier alpha value is -3.72. The Morgan fingerprint density at radius 2 is 1.82 bits per heavy atom. The van der Waals surface area contributed by atoms with Crippen LogP contribution in [0, 0.1) is 16.0 Å². The van der Waals surface area contributed by atoms with Crippen LogP contribution in [-0.2, 0) is 9.53 Å². The molecule has 1 aliphatic heterocycles. The molecule has 1 heterocycles. The Bertz CT molecular complexity index is 1550. The summed E-state index contributed by atoms with van der Waals surface area (Å²) in [4.78, 5) is 36.7. The maximum atomic E-state index is 13.5. The number of hydrazone groups is 1. The molecule has 3 aromatic rings. The minimum atomic E-state index is -0.948. The van der Waals surface area contributed by atoms with Crippen LogP contribution >= 0.6 is 34.8 Å². The average Bonchev–Trinajstić information content (AvgIpc) is 3.33. The number of ether oxygens (including phenoxy) is 1. The molecule has 2 unspecified atom stereocenters. The number of halogens is 3. The van der Waals surface area contributed by atoms with E-state index in [2.05, 4.69) is 0 Å². The Morgan fingerprint density at radius 3 is 2.55 bits per heavy atom. The zero-order valence-electron chi connectivity index (χ0n) is 20.9. The van der Waals surface area contributed by atoms with Crippen LogP contribution in [-0.4, -0.2) is 34.1 Å². The van der Waals surface area contributed by atoms with E-state index in [4.69, 9.17) is 44.6 Å². The van der Waals surface area contributed by atoms with E-state index in [0.717, 1.165) is 47.7 Å². The monoisotopic (exact) mass is 597 g/mol. The van der Waals surface area contributed by atoms with Gasteiger partial charge in [0.25, 0.3) is 11.6 Å². The first-order valence-corrected chi connectivity index (χ1v) is 13.6. The van der Waals surface area contributed by atoms with Gasteiger partial charge in [0.05, 0.1) is 27.3 Å². The van der Waals surface area contributed by atoms with Crippen molar-refractivity contribution in [1.29, 1.82) is 0 Å². The van der Waals surface area contributed by atoms with Gasteiger partial charge >= 0.3 is 5.97 Å². The number of non-ortho nitro benzene ring substituents is 1. The van der Waals surface area contributed by atoms with E-state index in [-0.39, 0.29) is 22.2 Å². The SMILES string of the molecule is O=C(OCC(=O)N1N=C2C(=Cc3cccc(Cl)c3)CCCC2C1c1ccc(Cl)cc1)c1cc([N+](=O)[O-])ccc1Cl. The molecule has 0 saturated heterocycles. The summed E-state index contributed by atoms with van der Waals surface area (Å²) in [6.07, 6.45) is 4.54. The van der Waals surface area contributed by atoms with E-state index in [1.165, 1.54) is 17.1 Å². The van der Waals surface area contributed by atoms with E-state index in [1.807, 2.05) is 36.4 Å². The van der Waals surface area contributed by atoms with Crippen LogP contribution in [0.2, 0.25) is 15.1 Å². The lowest BCUT2D eigenvalue weighted by Crippen LogP contribution is -2.34. The fourth-order valence-corrected chi connectivity index (χ4v) is 5.57. The van der Waals surface area contributed by atoms with E-state index in [1.54, 1.807) is 18.2 Å². The molecule has 2 aliphatic rings. The Kier molecular flexibility index (Phi) is 8.21. The molecular weight excluding hydrogens is 577 g/mol. The van der Waals surface area contributed by atoms with Gasteiger partial charge < -0.3 is 4.74 Å². The van der Waals surface area contributed by atoms with Crippen LogP contribution in [0.1, 0.15) is 46.8 Å². The number of hydrogen-bond acceptors (Lipinski definition) is 6. The smallest absolute Gasteiger partial charge is 0.340 e. The molecular formula is C29H22Cl3N3O5. The molecule has 3 aromatic carbocycles. The van der Waals surface area contributed by atoms with Crippen molar-refractivity contribution in [3.05, 3.63) is 114 Å². The van der Waals surface area contributed by atoms with Crippen molar-refractivity contribution in [3.8, 4) is 0 Å². The van der Waals surface area contributed by atoms with E-state index in [9.17, 15) is 19.7 Å². The quantitative estimate of drug-likeness (QED) is 0.166. The molecule has 0 spiro atoms. The lowest BCUT2D eigenvalue weighted by atomic mass is 9.77. The van der Waals surface area contributed by atoms with Crippen LogP contribution in [0.5, 0.6) is 0 Å². The third-order valence-electron chi connectivity index (χ3n) is 6.87. The molecule has 1 amide bonds. The molecule has 8 nitrogen and oxygen atoms in total. The number of allylic oxidation sites excluding steroid dienone is 1. The third-order valence-corrected chi connectivity index (χ3v) is 7.68. The van der Waals surface area contributed by atoms with Gasteiger partial charge in [0.15, 0.2) is 6.61 Å². The van der Waals surface area contributed by atoms with Crippen LogP contribution in [0.4, 0.5) is 5.69 Å². The predicted molar refractivity (Wildman–Crippen MR) is 154 cm³/mol. The van der Waals surface area contributed by atoms with Crippen molar-refractivity contribution >= 4 is 64.2 Å². The predicted octanol–water partition coefficient (Wildman–Crippen LogP) is 7.54. The Balaban J connectivity index is 1.43. The van der Waals surface area contributed by atoms with Crippen molar-refractivity contribution in [1.82, 2.24) is 5.01 Å². The molecule has 204 valence electrons. The number of nitro benzene ring substituents is 1. The third kappa shape index (κ3) is 5.89. The van der Waals surface area contributed by atoms with Crippen molar-refractivity contribution < 1.29 is 19.2 Å². The fourth-order valence-electron chi connectivity index (χ4n) is 5.05. The normalized spacial score (nSPS) is 19.2. The van der Waals surface area contributed by atoms with Gasteiger partial charge in [-0.1, -0.05) is 59.1 Å². The van der Waals surface area contributed by atoms with Crippen LogP contribution < -0.4 is 0 Å². The summed E-state index contributed by atoms with van der Waals surface area (Å²) in [6.45, 7) is -0.626. The number of carbonyl (C=O) groups excluding carboxylic acids is 2. The van der Waals surface area contributed by atoms with Crippen LogP contribution in [0.25, 0.3) is 6.08 Å². The molecule has 2 atom stereocenters. The van der Waals surface area contributed by atoms with Gasteiger partial charge in [-0.2, -0.15) is 5.10 Å². The topological polar surface area (TPSA) is 102 Å². The van der Waals surface area contributed by atoms with Gasteiger partial charge in [0, 0.05) is 28.1 Å². The Labute approximate surface area is 244 Å². The van der Waals surface area contributed by atoms with Crippen molar-refractivity contribution in [2.75, 3.05) is 6.61 Å². The summed E-state index contributed by atoms with van der Waals surface area (Å²) >= 11 is 18.4. The number of nitrogens with zero attached hydrogens (tertiary/aromatic N) is 3. The number of esters is 1. The van der Waals surface area contributed by atoms with Gasteiger partial charge in [-0.3, -0.25) is 14.9 Å². The first-order valence-electron chi connectivity index (χ1n) is 12.4. The minimum absolute atomic E-state index is 0.0229. The zero-order valence-corrected chi connectivity index (χ0v) is 23.2. The molecule has 5 rings (SSSR count). The van der Waals surface area contributed by atoms with Crippen molar-refractivity contribution in [2.45, 2.75) is 25.3 Å². The number of fused-ring (bicyclic) bond motifs is 1. The van der Waals surface area contributed by atoms with Gasteiger partial charge in [-0.15, -0.1) is 0 Å². The highest BCUT2D eigenvalue weighted by Gasteiger charge is 2.44. The van der Waals surface area contributed by atoms with Gasteiger partial charge in [-0.25, -0.2) is 9.80 Å². The molecule has 0 N–H and O–H groups in total. The number of carbonyl (C=O) groups is 2. The lowest BCUT2D eigenvalue weighted by Gasteiger charge is -2.29. The second-order valence-corrected chi connectivity index (χ2v) is 10.7. The molecule has 1 saturated carbocycles. The highest BCUT2D eigenvalue weighted by Crippen LogP contribution is 2.44. The number of benzene rings is 3. The van der Waals surface area contributed by atoms with Crippen molar-refractivity contribution in [2.24, 2.45) is 11.0 Å². The lowest BCUT2D eigenvalue weighted by molar-refractivity contribution is -0.384. The van der Waals surface area contributed by atoms with E-state index in [0.29, 0.717) is 10.0 Å². The first kappa shape index (κ1) is 27.8. The summed E-state index contributed by atoms with van der Waals surface area (Å²) in [6, 6.07) is 17.7. The Morgan fingerprint density at radius 1 is 1.05 bits per heavy atom. The molecule has 40 heavy (non-hydrogen) atoms. The standard InChI is InChI=1S/C29H22Cl3N3O5/c30-20-9-7-18(8-10-20)28-23-6-2-4-19(13-17-3-1-5-21(31)14-17)27(23)33-34(28)26(36)16-40-29(37)24-15-22(35(38)39)11-12-25(24)32/h1,3,5,7-15,23,28H,2,4,6,16H2. The molecule has 1 fully saturated rings. The first-order chi connectivity index (χ1) is 19.2. The summed E-state index contributed by atoms with van der Waals surface area (Å²) in [5.41, 5.74) is 3.06. The van der Waals surface area contributed by atoms with Gasteiger partial charge in [0.1, 0.15) is 0 Å². The minimum Gasteiger partial charge on any atom is -0.452 e. The zero-order chi connectivity index (χ0) is 28.4.